The van der Waals surface area contributed by atoms with Crippen molar-refractivity contribution in [3.05, 3.63) is 33.9 Å². The molecular formula is C13H18N2O3. The van der Waals surface area contributed by atoms with Crippen molar-refractivity contribution in [1.29, 1.82) is 0 Å². The molecule has 0 bridgehead atoms. The largest absolute Gasteiger partial charge is 0.384 e. The molecule has 0 saturated carbocycles. The first-order valence-electron chi connectivity index (χ1n) is 6.24. The third-order valence-electron chi connectivity index (χ3n) is 3.34. The van der Waals surface area contributed by atoms with E-state index in [-0.39, 0.29) is 10.6 Å². The van der Waals surface area contributed by atoms with Gasteiger partial charge in [0, 0.05) is 30.5 Å². The van der Waals surface area contributed by atoms with Crippen LogP contribution in [-0.2, 0) is 4.74 Å². The Labute approximate surface area is 106 Å². The Balaban J connectivity index is 2.00. The average Bonchev–Trinajstić information content (AvgIpc) is 2.38. The Morgan fingerprint density at radius 2 is 2.39 bits per heavy atom. The second kappa shape index (κ2) is 5.82. The lowest BCUT2D eigenvalue weighted by Gasteiger charge is -2.23. The molecule has 0 radical (unpaired) electrons. The Kier molecular flexibility index (Phi) is 4.15. The molecule has 0 aromatic heterocycles. The summed E-state index contributed by atoms with van der Waals surface area (Å²) in [6, 6.07) is 5.13. The molecule has 0 amide bonds. The number of hydrogen-bond acceptors (Lipinski definition) is 4. The highest BCUT2D eigenvalue weighted by Crippen LogP contribution is 2.25. The summed E-state index contributed by atoms with van der Waals surface area (Å²) in [7, 11) is 0. The first-order valence-corrected chi connectivity index (χ1v) is 6.24. The van der Waals surface area contributed by atoms with Gasteiger partial charge in [-0.05, 0) is 31.7 Å². The molecule has 5 nitrogen and oxygen atoms in total. The van der Waals surface area contributed by atoms with Crippen LogP contribution in [0.25, 0.3) is 0 Å². The molecule has 1 N–H and O–H groups in total. The van der Waals surface area contributed by atoms with E-state index in [0.717, 1.165) is 38.3 Å². The van der Waals surface area contributed by atoms with Crippen molar-refractivity contribution in [2.75, 3.05) is 25.1 Å². The molecule has 1 saturated heterocycles. The van der Waals surface area contributed by atoms with Gasteiger partial charge in [0.1, 0.15) is 0 Å². The highest BCUT2D eigenvalue weighted by molar-refractivity contribution is 5.59. The number of rotatable bonds is 4. The van der Waals surface area contributed by atoms with Crippen LogP contribution >= 0.6 is 0 Å². The smallest absolute Gasteiger partial charge is 0.274 e. The summed E-state index contributed by atoms with van der Waals surface area (Å²) < 4.78 is 5.41. The van der Waals surface area contributed by atoms with Crippen LogP contribution in [0.3, 0.4) is 0 Å². The summed E-state index contributed by atoms with van der Waals surface area (Å²) in [6.45, 7) is 4.22. The lowest BCUT2D eigenvalue weighted by atomic mass is 10.0. The van der Waals surface area contributed by atoms with Gasteiger partial charge in [0.25, 0.3) is 5.69 Å². The third kappa shape index (κ3) is 2.98. The molecule has 98 valence electrons. The number of nitrogens with zero attached hydrogens (tertiary/aromatic N) is 1. The highest BCUT2D eigenvalue weighted by Gasteiger charge is 2.16. The van der Waals surface area contributed by atoms with Crippen molar-refractivity contribution in [2.24, 2.45) is 5.92 Å². The second-order valence-corrected chi connectivity index (χ2v) is 4.67. The topological polar surface area (TPSA) is 64.4 Å². The fourth-order valence-electron chi connectivity index (χ4n) is 2.24. The van der Waals surface area contributed by atoms with Crippen molar-refractivity contribution in [3.8, 4) is 0 Å². The summed E-state index contributed by atoms with van der Waals surface area (Å²) in [5.74, 6) is 0.498. The number of ether oxygens (including phenoxy) is 1. The second-order valence-electron chi connectivity index (χ2n) is 4.67. The van der Waals surface area contributed by atoms with Crippen LogP contribution in [-0.4, -0.2) is 24.7 Å². The van der Waals surface area contributed by atoms with Gasteiger partial charge in [-0.15, -0.1) is 0 Å². The van der Waals surface area contributed by atoms with Gasteiger partial charge < -0.3 is 10.1 Å². The zero-order valence-corrected chi connectivity index (χ0v) is 10.5. The molecule has 2 rings (SSSR count). The van der Waals surface area contributed by atoms with Crippen molar-refractivity contribution in [1.82, 2.24) is 0 Å². The van der Waals surface area contributed by atoms with E-state index in [1.165, 1.54) is 6.07 Å². The zero-order valence-electron chi connectivity index (χ0n) is 10.5. The van der Waals surface area contributed by atoms with E-state index < -0.39 is 0 Å². The molecule has 1 aromatic carbocycles. The molecule has 1 unspecified atom stereocenters. The van der Waals surface area contributed by atoms with Crippen molar-refractivity contribution in [2.45, 2.75) is 19.8 Å². The predicted molar refractivity (Wildman–Crippen MR) is 69.9 cm³/mol. The van der Waals surface area contributed by atoms with Gasteiger partial charge in [-0.1, -0.05) is 6.07 Å². The molecule has 18 heavy (non-hydrogen) atoms. The normalized spacial score (nSPS) is 19.5. The minimum Gasteiger partial charge on any atom is -0.384 e. The van der Waals surface area contributed by atoms with Crippen molar-refractivity contribution in [3.63, 3.8) is 0 Å². The first-order chi connectivity index (χ1) is 8.68. The molecule has 1 heterocycles. The van der Waals surface area contributed by atoms with E-state index >= 15 is 0 Å². The molecule has 5 heteroatoms. The lowest BCUT2D eigenvalue weighted by molar-refractivity contribution is -0.385. The SMILES string of the molecule is Cc1c(NCC2CCCOC2)cccc1[N+](=O)[O-]. The van der Waals surface area contributed by atoms with Crippen molar-refractivity contribution >= 4 is 11.4 Å². The molecule has 1 aliphatic heterocycles. The van der Waals surface area contributed by atoms with Gasteiger partial charge in [-0.25, -0.2) is 0 Å². The molecule has 1 atom stereocenters. The zero-order chi connectivity index (χ0) is 13.0. The lowest BCUT2D eigenvalue weighted by Crippen LogP contribution is -2.24. The van der Waals surface area contributed by atoms with E-state index in [1.54, 1.807) is 13.0 Å². The number of anilines is 1. The molecule has 1 aromatic rings. The average molecular weight is 250 g/mol. The van der Waals surface area contributed by atoms with Gasteiger partial charge in [0.2, 0.25) is 0 Å². The summed E-state index contributed by atoms with van der Waals surface area (Å²) in [5, 5.41) is 14.1. The Bertz CT molecular complexity index is 428. The molecule has 1 fully saturated rings. The van der Waals surface area contributed by atoms with Crippen LogP contribution in [0.1, 0.15) is 18.4 Å². The maximum Gasteiger partial charge on any atom is 0.274 e. The summed E-state index contributed by atoms with van der Waals surface area (Å²) >= 11 is 0. The molecule has 0 spiro atoms. The van der Waals surface area contributed by atoms with E-state index in [1.807, 2.05) is 6.07 Å². The molecule has 0 aliphatic carbocycles. The fourth-order valence-corrected chi connectivity index (χ4v) is 2.24. The fraction of sp³-hybridized carbons (Fsp3) is 0.538. The number of benzene rings is 1. The van der Waals surface area contributed by atoms with Crippen LogP contribution in [0, 0.1) is 23.0 Å². The maximum atomic E-state index is 10.8. The van der Waals surface area contributed by atoms with Gasteiger partial charge in [-0.2, -0.15) is 0 Å². The number of nitro groups is 1. The monoisotopic (exact) mass is 250 g/mol. The standard InChI is InChI=1S/C13H18N2O3/c1-10-12(5-2-6-13(10)15(16)17)14-8-11-4-3-7-18-9-11/h2,5-6,11,14H,3-4,7-9H2,1H3. The van der Waals surface area contributed by atoms with Crippen LogP contribution in [0.2, 0.25) is 0 Å². The molecule has 1 aliphatic rings. The van der Waals surface area contributed by atoms with Gasteiger partial charge in [0.05, 0.1) is 11.5 Å². The summed E-state index contributed by atoms with van der Waals surface area (Å²) in [6.07, 6.45) is 2.25. The number of nitro benzene ring substituents is 1. The highest BCUT2D eigenvalue weighted by atomic mass is 16.6. The van der Waals surface area contributed by atoms with Crippen molar-refractivity contribution < 1.29 is 9.66 Å². The van der Waals surface area contributed by atoms with Gasteiger partial charge >= 0.3 is 0 Å². The Morgan fingerprint density at radius 3 is 3.06 bits per heavy atom. The first kappa shape index (κ1) is 12.8. The van der Waals surface area contributed by atoms with Gasteiger partial charge in [-0.3, -0.25) is 10.1 Å². The quantitative estimate of drug-likeness (QED) is 0.659. The van der Waals surface area contributed by atoms with E-state index in [2.05, 4.69) is 5.32 Å². The number of hydrogen-bond donors (Lipinski definition) is 1. The Hall–Kier alpha value is -1.62. The number of nitrogens with one attached hydrogen (secondary N) is 1. The van der Waals surface area contributed by atoms with Gasteiger partial charge in [0.15, 0.2) is 0 Å². The van der Waals surface area contributed by atoms with Crippen LogP contribution in [0.5, 0.6) is 0 Å². The minimum absolute atomic E-state index is 0.167. The van der Waals surface area contributed by atoms with E-state index in [0.29, 0.717) is 11.5 Å². The van der Waals surface area contributed by atoms with Crippen LogP contribution in [0.15, 0.2) is 18.2 Å². The molecular weight excluding hydrogens is 232 g/mol. The Morgan fingerprint density at radius 1 is 1.56 bits per heavy atom. The van der Waals surface area contributed by atoms with E-state index in [9.17, 15) is 10.1 Å². The van der Waals surface area contributed by atoms with E-state index in [4.69, 9.17) is 4.74 Å². The summed E-state index contributed by atoms with van der Waals surface area (Å²) in [4.78, 5) is 10.5. The minimum atomic E-state index is -0.343. The van der Waals surface area contributed by atoms with Crippen LogP contribution in [0.4, 0.5) is 11.4 Å². The van der Waals surface area contributed by atoms with Crippen LogP contribution < -0.4 is 5.32 Å². The maximum absolute atomic E-state index is 10.8. The predicted octanol–water partition coefficient (Wildman–Crippen LogP) is 2.74. The third-order valence-corrected chi connectivity index (χ3v) is 3.34. The summed E-state index contributed by atoms with van der Waals surface area (Å²) in [5.41, 5.74) is 1.70.